The predicted octanol–water partition coefficient (Wildman–Crippen LogP) is 3.01. The van der Waals surface area contributed by atoms with Crippen molar-refractivity contribution >= 4 is 8.32 Å². The first-order valence-corrected chi connectivity index (χ1v) is 7.22. The molecule has 0 aromatic rings. The van der Waals surface area contributed by atoms with Crippen LogP contribution in [0.3, 0.4) is 0 Å². The molecule has 4 heteroatoms. The van der Waals surface area contributed by atoms with E-state index in [0.717, 1.165) is 0 Å². The Labute approximate surface area is 81.5 Å². The lowest BCUT2D eigenvalue weighted by Crippen LogP contribution is -2.39. The molecule has 3 nitrogen and oxygen atoms in total. The van der Waals surface area contributed by atoms with Crippen LogP contribution in [0.5, 0.6) is 0 Å². The lowest BCUT2D eigenvalue weighted by molar-refractivity contribution is 0.123. The fraction of sp³-hybridized carbons (Fsp3) is 0.778. The molecule has 0 aromatic heterocycles. The number of hydrogen-bond acceptors (Lipinski definition) is 3. The average Bonchev–Trinajstić information content (AvgIpc) is 1.98. The maximum atomic E-state index is 9.02. The third-order valence-corrected chi connectivity index (χ3v) is 6.79. The normalized spacial score (nSPS) is 14.2. The van der Waals surface area contributed by atoms with Crippen molar-refractivity contribution in [3.63, 3.8) is 0 Å². The molecule has 0 bridgehead atoms. The first kappa shape index (κ1) is 12.4. The molecule has 0 fully saturated rings. The predicted molar refractivity (Wildman–Crippen MR) is 56.0 cm³/mol. The summed E-state index contributed by atoms with van der Waals surface area (Å²) < 4.78 is 10.1. The van der Waals surface area contributed by atoms with Crippen LogP contribution in [0.25, 0.3) is 0 Å². The molecule has 0 amide bonds. The van der Waals surface area contributed by atoms with Gasteiger partial charge in [-0.25, -0.2) is 0 Å². The molecule has 0 aliphatic rings. The van der Waals surface area contributed by atoms with Gasteiger partial charge in [0.2, 0.25) is 8.32 Å². The van der Waals surface area contributed by atoms with Gasteiger partial charge in [-0.2, -0.15) is 0 Å². The van der Waals surface area contributed by atoms with E-state index in [0.29, 0.717) is 0 Å². The van der Waals surface area contributed by atoms with E-state index in [4.69, 9.17) is 9.53 Å². The minimum absolute atomic E-state index is 0.136. The Morgan fingerprint density at radius 3 is 2.08 bits per heavy atom. The Kier molecular flexibility index (Phi) is 3.84. The van der Waals surface area contributed by atoms with Gasteiger partial charge in [-0.05, 0) is 18.1 Å². The summed E-state index contributed by atoms with van der Waals surface area (Å²) in [5.41, 5.74) is 0. The fourth-order valence-electron chi connectivity index (χ4n) is 0.423. The molecule has 0 spiro atoms. The Morgan fingerprint density at radius 1 is 1.31 bits per heavy atom. The lowest BCUT2D eigenvalue weighted by atomic mass is 10.2. The number of hydrogen-bond donors (Lipinski definition) is 1. The first-order valence-electron chi connectivity index (χ1n) is 4.31. The molecule has 0 heterocycles. The van der Waals surface area contributed by atoms with E-state index in [2.05, 4.69) is 38.6 Å². The highest BCUT2D eigenvalue weighted by molar-refractivity contribution is 6.74. The van der Waals surface area contributed by atoms with E-state index in [1.165, 1.54) is 13.4 Å². The number of rotatable bonds is 3. The minimum Gasteiger partial charge on any atom is -0.544 e. The van der Waals surface area contributed by atoms with E-state index >= 15 is 0 Å². The smallest absolute Gasteiger partial charge is 0.311 e. The molecule has 0 aromatic carbocycles. The third kappa shape index (κ3) is 3.72. The Balaban J connectivity index is 4.36. The molecule has 0 saturated heterocycles. The summed E-state index contributed by atoms with van der Waals surface area (Å²) in [5, 5.41) is 9.16. The van der Waals surface area contributed by atoms with Crippen molar-refractivity contribution in [3.05, 3.63) is 12.2 Å². The van der Waals surface area contributed by atoms with Crippen LogP contribution >= 0.6 is 0 Å². The zero-order chi connectivity index (χ0) is 10.7. The first-order chi connectivity index (χ1) is 5.70. The monoisotopic (exact) mass is 204 g/mol. The van der Waals surface area contributed by atoms with Crippen molar-refractivity contribution in [2.45, 2.75) is 38.9 Å². The molecule has 13 heavy (non-hydrogen) atoms. The van der Waals surface area contributed by atoms with Gasteiger partial charge in [0.1, 0.15) is 6.26 Å². The highest BCUT2D eigenvalue weighted by Crippen LogP contribution is 2.36. The summed E-state index contributed by atoms with van der Waals surface area (Å²) in [6.45, 7) is 10.6. The Bertz CT molecular complexity index is 192. The second kappa shape index (κ2) is 4.04. The number of ether oxygens (including phenoxy) is 1. The van der Waals surface area contributed by atoms with E-state index < -0.39 is 8.32 Å². The third-order valence-electron chi connectivity index (χ3n) is 2.47. The summed E-state index contributed by atoms with van der Waals surface area (Å²) in [6, 6.07) is 0. The van der Waals surface area contributed by atoms with E-state index in [1.54, 1.807) is 0 Å². The second-order valence-electron chi connectivity index (χ2n) is 4.54. The highest BCUT2D eigenvalue weighted by Gasteiger charge is 2.38. The summed E-state index contributed by atoms with van der Waals surface area (Å²) >= 11 is 0. The van der Waals surface area contributed by atoms with Crippen LogP contribution in [0.4, 0.5) is 0 Å². The number of aliphatic hydroxyl groups excluding tert-OH is 1. The molecular weight excluding hydrogens is 184 g/mol. The maximum Gasteiger partial charge on any atom is 0.311 e. The zero-order valence-electron chi connectivity index (χ0n) is 9.34. The Morgan fingerprint density at radius 2 is 1.77 bits per heavy atom. The molecule has 0 radical (unpaired) electrons. The van der Waals surface area contributed by atoms with Crippen molar-refractivity contribution < 1.29 is 14.3 Å². The molecule has 0 saturated carbocycles. The summed E-state index contributed by atoms with van der Waals surface area (Å²) in [6.07, 6.45) is 1.29. The molecule has 0 rings (SSSR count). The van der Waals surface area contributed by atoms with Crippen LogP contribution < -0.4 is 0 Å². The van der Waals surface area contributed by atoms with E-state index in [-0.39, 0.29) is 11.0 Å². The van der Waals surface area contributed by atoms with Crippen molar-refractivity contribution in [2.75, 3.05) is 7.11 Å². The summed E-state index contributed by atoms with van der Waals surface area (Å²) in [5.74, 6) is -0.176. The highest BCUT2D eigenvalue weighted by atomic mass is 28.4. The standard InChI is InChI=1S/C9H20O3Si/c1-9(2,3)13(5,6)12-7-8(10)11-4/h7,10H,1-6H3/b8-7-. The number of aliphatic hydroxyl groups is 1. The minimum atomic E-state index is -1.80. The second-order valence-corrected chi connectivity index (χ2v) is 9.29. The lowest BCUT2D eigenvalue weighted by Gasteiger charge is -2.34. The molecule has 78 valence electrons. The van der Waals surface area contributed by atoms with Crippen molar-refractivity contribution in [1.29, 1.82) is 0 Å². The van der Waals surface area contributed by atoms with Gasteiger partial charge in [-0.1, -0.05) is 20.8 Å². The van der Waals surface area contributed by atoms with Gasteiger partial charge in [0.05, 0.1) is 7.11 Å². The van der Waals surface area contributed by atoms with E-state index in [1.807, 2.05) is 0 Å². The Hall–Kier alpha value is -0.643. The zero-order valence-corrected chi connectivity index (χ0v) is 10.3. The van der Waals surface area contributed by atoms with Crippen molar-refractivity contribution in [1.82, 2.24) is 0 Å². The molecule has 0 aliphatic carbocycles. The van der Waals surface area contributed by atoms with Crippen molar-refractivity contribution in [2.24, 2.45) is 0 Å². The van der Waals surface area contributed by atoms with Gasteiger partial charge >= 0.3 is 5.95 Å². The van der Waals surface area contributed by atoms with Crippen LogP contribution in [0, 0.1) is 0 Å². The van der Waals surface area contributed by atoms with Gasteiger partial charge in [-0.3, -0.25) is 0 Å². The maximum absolute atomic E-state index is 9.02. The average molecular weight is 204 g/mol. The van der Waals surface area contributed by atoms with E-state index in [9.17, 15) is 0 Å². The van der Waals surface area contributed by atoms with Crippen LogP contribution in [-0.2, 0) is 9.16 Å². The summed E-state index contributed by atoms with van der Waals surface area (Å²) in [4.78, 5) is 0. The van der Waals surface area contributed by atoms with Crippen molar-refractivity contribution in [3.8, 4) is 0 Å². The molecular formula is C9H20O3Si. The van der Waals surface area contributed by atoms with Gasteiger partial charge in [0, 0.05) is 0 Å². The SMILES string of the molecule is CO/C(O)=C\O[Si](C)(C)C(C)(C)C. The molecule has 0 atom stereocenters. The van der Waals surface area contributed by atoms with Crippen LogP contribution in [0.1, 0.15) is 20.8 Å². The van der Waals surface area contributed by atoms with Gasteiger partial charge < -0.3 is 14.3 Å². The van der Waals surface area contributed by atoms with Crippen LogP contribution in [0.15, 0.2) is 12.2 Å². The largest absolute Gasteiger partial charge is 0.544 e. The van der Waals surface area contributed by atoms with Gasteiger partial charge in [-0.15, -0.1) is 0 Å². The quantitative estimate of drug-likeness (QED) is 0.567. The molecule has 0 unspecified atom stereocenters. The van der Waals surface area contributed by atoms with Crippen LogP contribution in [-0.4, -0.2) is 20.5 Å². The summed E-state index contributed by atoms with van der Waals surface area (Å²) in [7, 11) is -0.397. The topological polar surface area (TPSA) is 38.7 Å². The fourth-order valence-corrected chi connectivity index (χ4v) is 1.17. The molecule has 1 N–H and O–H groups in total. The number of methoxy groups -OCH3 is 1. The molecule has 0 aliphatic heterocycles. The van der Waals surface area contributed by atoms with Gasteiger partial charge in [0.15, 0.2) is 0 Å². The van der Waals surface area contributed by atoms with Crippen LogP contribution in [0.2, 0.25) is 18.1 Å². The van der Waals surface area contributed by atoms with Gasteiger partial charge in [0.25, 0.3) is 0 Å².